The SMILES string of the molecule is [2H]C([2H])C([2H])([2H])N(C(=O)OC(C)(C)C)n1c(C)c(C(=O)O)c2cccc(F)c2c1=O.[2H]c1c([2H])c([2H])c([C@@H](N)C2CC2)c([2H])c1[2H].[2H]c1c([2H])c([2H])c([C@@H](NC(=O)c2c(C)n(N(C(=O)OC(C)(C)C)C([2H])([2H])C([2H])([2H])[2H])c(=O)c3c(F)cccc23)C2CC2)c([2H])c1[2H].[2H]c1c([2H])c([2H])c([C@@H](NC(=O)c2c(C)n(NC([2H])([2H])C([2H])([2H])[2H])c(=O)c3c(F)cccc23)C2CC2)c([2H])c1[2H]. The number of carbonyl (C=O) groups is 5. The normalized spacial score (nSPS) is 19.1. The lowest BCUT2D eigenvalue weighted by atomic mass is 9.99. The Labute approximate surface area is 630 Å². The zero-order valence-electron chi connectivity index (χ0n) is 85.5. The highest BCUT2D eigenvalue weighted by Gasteiger charge is 2.38. The fraction of sp³-hybridized carbons (Fsp3) is 0.367. The van der Waals surface area contributed by atoms with Gasteiger partial charge in [0, 0.05) is 52.7 Å². The molecule has 3 aliphatic carbocycles. The lowest BCUT2D eigenvalue weighted by molar-refractivity contribution is 0.0527. The van der Waals surface area contributed by atoms with E-state index in [4.69, 9.17) is 55.0 Å². The molecule has 4 amide bonds. The predicted molar refractivity (Wildman–Crippen MR) is 390 cm³/mol. The molecule has 3 fully saturated rings. The van der Waals surface area contributed by atoms with Gasteiger partial charge in [0.1, 0.15) is 28.7 Å². The number of pyridine rings is 3. The van der Waals surface area contributed by atoms with Gasteiger partial charge in [-0.3, -0.25) is 24.0 Å². The lowest BCUT2D eigenvalue weighted by Crippen LogP contribution is -2.50. The van der Waals surface area contributed by atoms with Gasteiger partial charge in [-0.1, -0.05) is 127 Å². The number of ether oxygens (including phenoxy) is 2. The Hall–Kier alpha value is -10.6. The molecule has 0 unspecified atom stereocenters. The minimum Gasteiger partial charge on any atom is -0.478 e. The Morgan fingerprint density at radius 2 is 0.931 bits per heavy atom. The van der Waals surface area contributed by atoms with E-state index in [2.05, 4.69) is 10.6 Å². The Kier molecular flexibility index (Phi) is 14.2. The van der Waals surface area contributed by atoms with Gasteiger partial charge in [0.2, 0.25) is 0 Å². The van der Waals surface area contributed by atoms with Gasteiger partial charge in [-0.05, 0) is 174 Å². The van der Waals surface area contributed by atoms with E-state index in [1.54, 1.807) is 0 Å². The first-order valence-electron chi connectivity index (χ1n) is 46.3. The third-order valence-corrected chi connectivity index (χ3v) is 16.1. The summed E-state index contributed by atoms with van der Waals surface area (Å²) in [6.07, 6.45) is 1.15. The number of rotatable bonds is 17. The number of hydrogen-bond acceptors (Lipinski definition) is 12. The Morgan fingerprint density at radius 3 is 1.30 bits per heavy atom. The molecular weight excluding hydrogens is 1310 g/mol. The average molecular weight is 1430 g/mol. The first-order valence-corrected chi connectivity index (χ1v) is 31.6. The fourth-order valence-electron chi connectivity index (χ4n) is 11.1. The first kappa shape index (κ1) is 45.3. The molecule has 3 heterocycles. The van der Waals surface area contributed by atoms with E-state index >= 15 is 4.39 Å². The summed E-state index contributed by atoms with van der Waals surface area (Å²) in [5, 5.41) is 12.3. The minimum atomic E-state index is -3.62. The second-order valence-corrected chi connectivity index (χ2v) is 25.7. The number of carboxylic acid groups (broad SMARTS) is 1. The molecule has 0 bridgehead atoms. The van der Waals surface area contributed by atoms with Crippen LogP contribution in [0.25, 0.3) is 32.3 Å². The number of aromatic carboxylic acids is 1. The van der Waals surface area contributed by atoms with Crippen LogP contribution in [0, 0.1) is 56.0 Å². The number of carboxylic acids is 1. The summed E-state index contributed by atoms with van der Waals surface area (Å²) in [4.78, 5) is 106. The van der Waals surface area contributed by atoms with Gasteiger partial charge in [-0.2, -0.15) is 0 Å². The maximum Gasteiger partial charge on any atom is 0.429 e. The Bertz CT molecular complexity index is 6240. The van der Waals surface area contributed by atoms with Crippen molar-refractivity contribution in [2.45, 2.75) is 151 Å². The summed E-state index contributed by atoms with van der Waals surface area (Å²) < 4.78 is 285. The average Bonchev–Trinajstić information content (AvgIpc) is 1.65. The monoisotopic (exact) mass is 1430 g/mol. The maximum absolute atomic E-state index is 15.4. The number of aromatic nitrogens is 3. The summed E-state index contributed by atoms with van der Waals surface area (Å²) in [6.45, 7) is -6.86. The smallest absolute Gasteiger partial charge is 0.429 e. The minimum absolute atomic E-state index is 0.0545. The van der Waals surface area contributed by atoms with Crippen LogP contribution in [0.2, 0.25) is 0 Å². The summed E-state index contributed by atoms with van der Waals surface area (Å²) in [6, 6.07) is 0.707. The molecule has 3 aromatic heterocycles. The number of nitrogens with two attached hydrogens (primary N) is 1. The van der Waals surface area contributed by atoms with E-state index in [0.717, 1.165) is 44.9 Å². The molecule has 3 aliphatic rings. The number of carbonyl (C=O) groups excluding carboxylic acids is 4. The van der Waals surface area contributed by atoms with Crippen molar-refractivity contribution in [2.75, 3.05) is 34.9 Å². The van der Waals surface area contributed by atoms with Crippen molar-refractivity contribution < 1.29 is 91.5 Å². The van der Waals surface area contributed by atoms with Crippen LogP contribution in [-0.4, -0.2) is 79.8 Å². The molecular formula is C79H90F3N9O11. The molecule has 6 N–H and O–H groups in total. The van der Waals surface area contributed by atoms with Crippen molar-refractivity contribution in [3.8, 4) is 0 Å². The number of amides is 4. The quantitative estimate of drug-likeness (QED) is 0.0569. The molecule has 0 spiro atoms. The van der Waals surface area contributed by atoms with E-state index in [1.165, 1.54) is 84.9 Å². The Balaban J connectivity index is 0.000000207. The number of nitrogens with zero attached hydrogens (tertiary/aromatic N) is 5. The molecule has 102 heavy (non-hydrogen) atoms. The number of fused-ring (bicyclic) bond motifs is 3. The molecule has 12 rings (SSSR count). The van der Waals surface area contributed by atoms with E-state index in [1.807, 2.05) is 5.43 Å². The van der Waals surface area contributed by atoms with Crippen molar-refractivity contribution in [2.24, 2.45) is 23.5 Å². The molecule has 6 aromatic carbocycles. The van der Waals surface area contributed by atoms with Crippen LogP contribution < -0.4 is 48.5 Å². The van der Waals surface area contributed by atoms with Crippen molar-refractivity contribution in [1.29, 1.82) is 0 Å². The summed E-state index contributed by atoms with van der Waals surface area (Å²) >= 11 is 0. The summed E-state index contributed by atoms with van der Waals surface area (Å²) in [7, 11) is 0. The van der Waals surface area contributed by atoms with Gasteiger partial charge in [-0.15, -0.1) is 0 Å². The molecule has 0 saturated heterocycles. The van der Waals surface area contributed by atoms with Crippen molar-refractivity contribution >= 4 is 62.3 Å². The largest absolute Gasteiger partial charge is 0.478 e. The van der Waals surface area contributed by atoms with Crippen LogP contribution in [0.1, 0.15) is 223 Å². The molecule has 9 aromatic rings. The molecule has 0 aliphatic heterocycles. The summed E-state index contributed by atoms with van der Waals surface area (Å²) in [5.74, 6) is -7.06. The molecule has 20 nitrogen and oxygen atoms in total. The second kappa shape index (κ2) is 32.0. The van der Waals surface area contributed by atoms with Gasteiger partial charge in [-0.25, -0.2) is 51.6 Å². The van der Waals surface area contributed by atoms with Crippen LogP contribution in [0.5, 0.6) is 0 Å². The van der Waals surface area contributed by atoms with E-state index < -0.39 is 233 Å². The summed E-state index contributed by atoms with van der Waals surface area (Å²) in [5.41, 5.74) is -0.683. The molecule has 23 heteroatoms. The topological polar surface area (TPSA) is 259 Å². The van der Waals surface area contributed by atoms with Crippen molar-refractivity contribution in [3.05, 3.63) is 244 Å². The van der Waals surface area contributed by atoms with Crippen LogP contribution >= 0.6 is 0 Å². The number of nitrogens with one attached hydrogen (secondary N) is 3. The highest BCUT2D eigenvalue weighted by molar-refractivity contribution is 6.09. The van der Waals surface area contributed by atoms with Gasteiger partial charge in [0.15, 0.2) is 0 Å². The number of benzene rings is 6. The van der Waals surface area contributed by atoms with Crippen LogP contribution in [0.4, 0.5) is 22.8 Å². The van der Waals surface area contributed by atoms with Gasteiger partial charge >= 0.3 is 18.2 Å². The van der Waals surface area contributed by atoms with Crippen molar-refractivity contribution in [3.63, 3.8) is 0 Å². The van der Waals surface area contributed by atoms with Gasteiger partial charge in [0.25, 0.3) is 28.5 Å². The maximum atomic E-state index is 15.4. The molecule has 3 saturated carbocycles. The van der Waals surface area contributed by atoms with Gasteiger partial charge in [0.05, 0.1) is 90.8 Å². The fourth-order valence-corrected chi connectivity index (χ4v) is 11.1. The molecule has 538 valence electrons. The number of halogens is 3. The Morgan fingerprint density at radius 1 is 0.559 bits per heavy atom. The van der Waals surface area contributed by atoms with Crippen LogP contribution in [-0.2, 0) is 9.47 Å². The zero-order valence-corrected chi connectivity index (χ0v) is 56.5. The molecule has 0 radical (unpaired) electrons. The standard InChI is InChI=1S/C28H32FN3O4.C23H24FN3O2.C18H21FN2O5.C10H13N/c1-6-31(27(35)36-28(3,4)5)32-17(2)22(20-13-10-14-21(29)23(20)26(32)34)25(33)30-24(19-15-16-19)18-11-8-7-9-12-18;1-3-25-27-14(2)19(17-10-7-11-18(24)20(17)23(27)29)22(28)26-21(16-12-13-16)15-8-5-4-6-9-15;1-6-20(17(25)26-18(3,4)5)21-10(2)13(16(23)24)11-8-7-9-12(19)14(11)15(21)22;11-10(9-6-7-9)8-4-2-1-3-5-8/h7-14,19,24H,6,15-16H2,1-5H3,(H,30,33);4-11,16,21,25H,3,12-13H2,1-2H3,(H,26,28);7-9H,6H2,1-5H3,(H,23,24);1-5,9-10H,6-7,11H2/t24-;21-;;10-/m11.1/s1/i1D3,6D2,7D,8D,9D,11D,12D;1D3,3D2,4D,5D,6D,8D,9D;1D2,6D2;1D,2D,3D,4D,5D. The highest BCUT2D eigenvalue weighted by atomic mass is 19.1. The zero-order chi connectivity index (χ0) is 99.2. The van der Waals surface area contributed by atoms with E-state index in [-0.39, 0.29) is 107 Å². The van der Waals surface area contributed by atoms with E-state index in [9.17, 15) is 52.2 Å². The number of hydrogen-bond donors (Lipinski definition) is 5. The van der Waals surface area contributed by atoms with E-state index in [0.29, 0.717) is 35.0 Å². The van der Waals surface area contributed by atoms with Crippen LogP contribution in [0.15, 0.2) is 160 Å². The van der Waals surface area contributed by atoms with Gasteiger partial charge < -0.3 is 36.4 Å². The highest BCUT2D eigenvalue weighted by Crippen LogP contribution is 2.43. The van der Waals surface area contributed by atoms with Crippen molar-refractivity contribution in [1.82, 2.24) is 24.7 Å². The lowest BCUT2D eigenvalue weighted by Gasteiger charge is -2.30. The first-order chi connectivity index (χ1) is 60.1. The molecule has 3 atom stereocenters. The third-order valence-electron chi connectivity index (χ3n) is 16.1. The second-order valence-electron chi connectivity index (χ2n) is 25.7. The predicted octanol–water partition coefficient (Wildman–Crippen LogP) is 14.3. The third kappa shape index (κ3) is 17.2. The van der Waals surface area contributed by atoms with Crippen LogP contribution in [0.3, 0.4) is 0 Å².